The van der Waals surface area contributed by atoms with Crippen LogP contribution in [-0.4, -0.2) is 10.5 Å². The Kier molecular flexibility index (Phi) is 3.33. The number of imidazole rings is 1. The summed E-state index contributed by atoms with van der Waals surface area (Å²) in [5.41, 5.74) is 7.88. The highest BCUT2D eigenvalue weighted by molar-refractivity contribution is 5.92. The molecule has 0 spiro atoms. The highest BCUT2D eigenvalue weighted by Gasteiger charge is 2.12. The van der Waals surface area contributed by atoms with Gasteiger partial charge in [0.2, 0.25) is 0 Å². The molecule has 0 aliphatic heterocycles. The zero-order valence-electron chi connectivity index (χ0n) is 8.57. The van der Waals surface area contributed by atoms with E-state index in [1.54, 1.807) is 12.3 Å². The maximum Gasteiger partial charge on any atom is 0.286 e. The molecule has 0 fully saturated rings. The van der Waals surface area contributed by atoms with E-state index >= 15 is 0 Å². The van der Waals surface area contributed by atoms with Gasteiger partial charge in [0.05, 0.1) is 12.6 Å². The Morgan fingerprint density at radius 2 is 2.07 bits per heavy atom. The van der Waals surface area contributed by atoms with Gasteiger partial charge in [0.25, 0.3) is 11.6 Å². The number of halogens is 1. The third-order valence-corrected chi connectivity index (χ3v) is 2.44. The van der Waals surface area contributed by atoms with Crippen molar-refractivity contribution in [2.24, 2.45) is 12.8 Å². The molecule has 80 valence electrons. The molecule has 2 aromatic heterocycles. The van der Waals surface area contributed by atoms with Crippen molar-refractivity contribution >= 4 is 11.6 Å². The first-order valence-electron chi connectivity index (χ1n) is 4.37. The number of nitrogens with zero attached hydrogens (tertiary/aromatic N) is 2. The van der Waals surface area contributed by atoms with E-state index in [9.17, 15) is 4.79 Å². The van der Waals surface area contributed by atoms with Crippen molar-refractivity contribution in [1.29, 1.82) is 0 Å². The summed E-state index contributed by atoms with van der Waals surface area (Å²) >= 11 is 0. The number of fused-ring (bicyclic) bond motifs is 1. The number of hydrogen-bond acceptors (Lipinski definition) is 1. The smallest absolute Gasteiger partial charge is 0.286 e. The minimum Gasteiger partial charge on any atom is -1.00 e. The van der Waals surface area contributed by atoms with E-state index in [1.165, 1.54) is 0 Å². The van der Waals surface area contributed by atoms with E-state index in [4.69, 9.17) is 5.73 Å². The van der Waals surface area contributed by atoms with Crippen molar-refractivity contribution in [2.75, 3.05) is 0 Å². The molecule has 0 saturated heterocycles. The normalized spacial score (nSPS) is 10.0. The topological polar surface area (TPSA) is 52.1 Å². The van der Waals surface area contributed by atoms with Crippen LogP contribution in [0.1, 0.15) is 16.1 Å². The van der Waals surface area contributed by atoms with Crippen LogP contribution in [0.4, 0.5) is 0 Å². The molecule has 2 aromatic rings. The predicted molar refractivity (Wildman–Crippen MR) is 51.8 cm³/mol. The van der Waals surface area contributed by atoms with Crippen LogP contribution < -0.4 is 34.1 Å². The number of pyridine rings is 1. The molecule has 0 aromatic carbocycles. The van der Waals surface area contributed by atoms with E-state index < -0.39 is 5.91 Å². The largest absolute Gasteiger partial charge is 1.00 e. The van der Waals surface area contributed by atoms with Crippen molar-refractivity contribution in [3.8, 4) is 0 Å². The fourth-order valence-electron chi connectivity index (χ4n) is 1.51. The second-order valence-corrected chi connectivity index (χ2v) is 3.38. The first kappa shape index (κ1) is 12.0. The molecule has 0 aliphatic carbocycles. The van der Waals surface area contributed by atoms with Crippen LogP contribution in [0, 0.1) is 6.92 Å². The molecule has 15 heavy (non-hydrogen) atoms. The van der Waals surface area contributed by atoms with Crippen molar-refractivity contribution in [2.45, 2.75) is 6.92 Å². The molecular formula is C10H12IN3O. The summed E-state index contributed by atoms with van der Waals surface area (Å²) in [7, 11) is 1.98. The number of primary amides is 1. The minimum atomic E-state index is -0.402. The molecule has 1 amide bonds. The van der Waals surface area contributed by atoms with Gasteiger partial charge in [-0.3, -0.25) is 4.79 Å². The molecule has 2 N–H and O–H groups in total. The fourth-order valence-corrected chi connectivity index (χ4v) is 1.51. The van der Waals surface area contributed by atoms with Crippen LogP contribution in [0.5, 0.6) is 0 Å². The molecule has 0 unspecified atom stereocenters. The lowest BCUT2D eigenvalue weighted by Gasteiger charge is -1.92. The monoisotopic (exact) mass is 317 g/mol. The summed E-state index contributed by atoms with van der Waals surface area (Å²) in [4.78, 5) is 10.9. The van der Waals surface area contributed by atoms with Gasteiger partial charge in [-0.05, 0) is 6.07 Å². The summed E-state index contributed by atoms with van der Waals surface area (Å²) in [6.07, 6.45) is 3.70. The number of carbonyl (C=O) groups excluding carboxylic acids is 1. The Morgan fingerprint density at radius 1 is 1.40 bits per heavy atom. The number of rotatable bonds is 1. The molecule has 0 radical (unpaired) electrons. The Morgan fingerprint density at radius 3 is 2.67 bits per heavy atom. The SMILES string of the molecule is Cc1c[n+]2cc(C(N)=O)ccc2n1C.[I-]. The standard InChI is InChI=1S/C10H11N3O.HI/c1-7-5-13-6-8(10(11)14)3-4-9(13)12(7)2;/h3-6H,1-2H3,(H-,11,14);1H. The van der Waals surface area contributed by atoms with Gasteiger partial charge in [-0.25, -0.2) is 8.97 Å². The first-order valence-corrected chi connectivity index (χ1v) is 4.37. The van der Waals surface area contributed by atoms with Crippen LogP contribution in [-0.2, 0) is 7.05 Å². The summed E-state index contributed by atoms with van der Waals surface area (Å²) in [5.74, 6) is -0.402. The predicted octanol–water partition coefficient (Wildman–Crippen LogP) is -2.82. The Hall–Kier alpha value is -1.11. The van der Waals surface area contributed by atoms with E-state index in [2.05, 4.69) is 0 Å². The van der Waals surface area contributed by atoms with Gasteiger partial charge in [-0.2, -0.15) is 0 Å². The van der Waals surface area contributed by atoms with E-state index in [-0.39, 0.29) is 24.0 Å². The average molecular weight is 317 g/mol. The highest BCUT2D eigenvalue weighted by atomic mass is 127. The third-order valence-electron chi connectivity index (χ3n) is 2.44. The maximum absolute atomic E-state index is 10.9. The summed E-state index contributed by atoms with van der Waals surface area (Å²) in [6.45, 7) is 2.01. The second-order valence-electron chi connectivity index (χ2n) is 3.38. The Labute approximate surface area is 105 Å². The van der Waals surface area contributed by atoms with Crippen molar-refractivity contribution < 1.29 is 33.2 Å². The zero-order chi connectivity index (χ0) is 10.3. The average Bonchev–Trinajstić information content (AvgIpc) is 2.42. The number of amides is 1. The molecule has 5 heteroatoms. The number of hydrogen-bond donors (Lipinski definition) is 1. The van der Waals surface area contributed by atoms with Crippen molar-refractivity contribution in [3.05, 3.63) is 35.8 Å². The van der Waals surface area contributed by atoms with Gasteiger partial charge in [0.15, 0.2) is 0 Å². The number of aromatic nitrogens is 2. The molecule has 0 bridgehead atoms. The minimum absolute atomic E-state index is 0. The van der Waals surface area contributed by atoms with Gasteiger partial charge in [0, 0.05) is 13.0 Å². The lowest BCUT2D eigenvalue weighted by atomic mass is 10.3. The molecule has 2 rings (SSSR count). The first-order chi connectivity index (χ1) is 6.59. The van der Waals surface area contributed by atoms with Crippen LogP contribution in [0.3, 0.4) is 0 Å². The van der Waals surface area contributed by atoms with Crippen LogP contribution in [0.25, 0.3) is 5.65 Å². The van der Waals surface area contributed by atoms with Crippen LogP contribution in [0.2, 0.25) is 0 Å². The molecule has 2 heterocycles. The van der Waals surface area contributed by atoms with Crippen molar-refractivity contribution in [3.63, 3.8) is 0 Å². The Balaban J connectivity index is 0.00000112. The van der Waals surface area contributed by atoms with Gasteiger partial charge in [0.1, 0.15) is 18.1 Å². The summed E-state index contributed by atoms with van der Waals surface area (Å²) in [6, 6.07) is 3.62. The molecule has 0 atom stereocenters. The quantitative estimate of drug-likeness (QED) is 0.448. The fraction of sp³-hybridized carbons (Fsp3) is 0.200. The molecular weight excluding hydrogens is 305 g/mol. The Bertz CT molecular complexity index is 519. The van der Waals surface area contributed by atoms with E-state index in [1.807, 2.05) is 35.2 Å². The van der Waals surface area contributed by atoms with Crippen LogP contribution >= 0.6 is 0 Å². The second kappa shape index (κ2) is 4.18. The summed E-state index contributed by atoms with van der Waals surface area (Å²) in [5, 5.41) is 0. The lowest BCUT2D eigenvalue weighted by Crippen LogP contribution is -3.00. The van der Waals surface area contributed by atoms with Gasteiger partial charge in [-0.1, -0.05) is 0 Å². The van der Waals surface area contributed by atoms with Gasteiger partial charge < -0.3 is 29.7 Å². The number of nitrogens with two attached hydrogens (primary N) is 1. The lowest BCUT2D eigenvalue weighted by molar-refractivity contribution is -0.511. The number of aryl methyl sites for hydroxylation is 2. The molecule has 4 nitrogen and oxygen atoms in total. The van der Waals surface area contributed by atoms with Crippen molar-refractivity contribution in [1.82, 2.24) is 4.57 Å². The van der Waals surface area contributed by atoms with E-state index in [0.717, 1.165) is 11.3 Å². The molecule has 0 saturated carbocycles. The zero-order valence-corrected chi connectivity index (χ0v) is 10.7. The van der Waals surface area contributed by atoms with E-state index in [0.29, 0.717) is 5.56 Å². The summed E-state index contributed by atoms with van der Waals surface area (Å²) < 4.78 is 3.94. The molecule has 0 aliphatic rings. The van der Waals surface area contributed by atoms with Gasteiger partial charge >= 0.3 is 0 Å². The van der Waals surface area contributed by atoms with Crippen LogP contribution in [0.15, 0.2) is 24.5 Å². The van der Waals surface area contributed by atoms with Gasteiger partial charge in [-0.15, -0.1) is 0 Å². The highest BCUT2D eigenvalue weighted by Crippen LogP contribution is 2.03. The third kappa shape index (κ3) is 1.97. The number of carbonyl (C=O) groups is 1. The maximum atomic E-state index is 10.9.